The van der Waals surface area contributed by atoms with Crippen molar-refractivity contribution in [2.24, 2.45) is 0 Å². The van der Waals surface area contributed by atoms with Gasteiger partial charge in [-0.3, -0.25) is 4.79 Å². The van der Waals surface area contributed by atoms with Gasteiger partial charge in [0.25, 0.3) is 5.91 Å². The van der Waals surface area contributed by atoms with Crippen LogP contribution in [0.5, 0.6) is 5.75 Å². The quantitative estimate of drug-likeness (QED) is 0.735. The molecule has 1 amide bonds. The lowest BCUT2D eigenvalue weighted by molar-refractivity contribution is 0.0962. The molecular weight excluding hydrogens is 334 g/mol. The smallest absolute Gasteiger partial charge is 0.264 e. The Kier molecular flexibility index (Phi) is 5.17. The van der Waals surface area contributed by atoms with Gasteiger partial charge < -0.3 is 14.6 Å². The van der Waals surface area contributed by atoms with Crippen molar-refractivity contribution < 1.29 is 9.53 Å². The highest BCUT2D eigenvalue weighted by atomic mass is 32.1. The minimum absolute atomic E-state index is 0.164. The van der Waals surface area contributed by atoms with Gasteiger partial charge in [0.2, 0.25) is 0 Å². The number of carbonyl (C=O) groups is 1. The average Bonchev–Trinajstić information content (AvgIpc) is 3.28. The van der Waals surface area contributed by atoms with Crippen molar-refractivity contribution in [1.82, 2.24) is 14.9 Å². The van der Waals surface area contributed by atoms with Crippen LogP contribution in [-0.2, 0) is 0 Å². The SMILES string of the molecule is COc1ccccc1C#CCNC(=O)c1sc(-n2cccc2)nc1C. The number of amides is 1. The molecule has 0 atom stereocenters. The number of nitrogens with zero attached hydrogens (tertiary/aromatic N) is 2. The molecular formula is C19H17N3O2S. The van der Waals surface area contributed by atoms with E-state index in [2.05, 4.69) is 22.1 Å². The van der Waals surface area contributed by atoms with Gasteiger partial charge in [0, 0.05) is 12.4 Å². The van der Waals surface area contributed by atoms with Gasteiger partial charge in [0.1, 0.15) is 10.6 Å². The molecule has 6 heteroatoms. The number of nitrogens with one attached hydrogen (secondary N) is 1. The fraction of sp³-hybridized carbons (Fsp3) is 0.158. The van der Waals surface area contributed by atoms with Crippen LogP contribution in [0.1, 0.15) is 20.9 Å². The molecule has 2 heterocycles. The molecule has 2 aromatic heterocycles. The van der Waals surface area contributed by atoms with Crippen molar-refractivity contribution >= 4 is 17.2 Å². The molecule has 3 rings (SSSR count). The number of para-hydroxylation sites is 1. The third kappa shape index (κ3) is 3.90. The summed E-state index contributed by atoms with van der Waals surface area (Å²) in [5.41, 5.74) is 1.51. The zero-order valence-electron chi connectivity index (χ0n) is 13.9. The van der Waals surface area contributed by atoms with Crippen molar-refractivity contribution in [2.45, 2.75) is 6.92 Å². The van der Waals surface area contributed by atoms with Gasteiger partial charge in [-0.15, -0.1) is 0 Å². The summed E-state index contributed by atoms with van der Waals surface area (Å²) in [4.78, 5) is 17.4. The number of aryl methyl sites for hydroxylation is 1. The normalized spacial score (nSPS) is 10.0. The molecule has 0 aliphatic carbocycles. The first-order valence-electron chi connectivity index (χ1n) is 7.70. The molecule has 0 fully saturated rings. The van der Waals surface area contributed by atoms with E-state index in [-0.39, 0.29) is 12.5 Å². The Morgan fingerprint density at radius 2 is 2.04 bits per heavy atom. The molecule has 5 nitrogen and oxygen atoms in total. The van der Waals surface area contributed by atoms with Crippen LogP contribution in [0.4, 0.5) is 0 Å². The van der Waals surface area contributed by atoms with Crippen LogP contribution in [0.2, 0.25) is 0 Å². The van der Waals surface area contributed by atoms with E-state index in [0.29, 0.717) is 10.6 Å². The van der Waals surface area contributed by atoms with Gasteiger partial charge in [-0.2, -0.15) is 0 Å². The Labute approximate surface area is 150 Å². The van der Waals surface area contributed by atoms with Gasteiger partial charge in [0.15, 0.2) is 5.13 Å². The van der Waals surface area contributed by atoms with E-state index in [4.69, 9.17) is 4.74 Å². The summed E-state index contributed by atoms with van der Waals surface area (Å²) in [7, 11) is 1.61. The van der Waals surface area contributed by atoms with Crippen LogP contribution in [0.15, 0.2) is 48.8 Å². The second-order valence-corrected chi connectivity index (χ2v) is 6.16. The molecule has 25 heavy (non-hydrogen) atoms. The van der Waals surface area contributed by atoms with Crippen LogP contribution in [0.3, 0.4) is 0 Å². The van der Waals surface area contributed by atoms with E-state index in [9.17, 15) is 4.79 Å². The minimum atomic E-state index is -0.164. The Morgan fingerprint density at radius 1 is 1.28 bits per heavy atom. The summed E-state index contributed by atoms with van der Waals surface area (Å²) < 4.78 is 7.13. The predicted octanol–water partition coefficient (Wildman–Crippen LogP) is 3.03. The molecule has 0 bridgehead atoms. The number of ether oxygens (including phenoxy) is 1. The maximum Gasteiger partial charge on any atom is 0.264 e. The van der Waals surface area contributed by atoms with Gasteiger partial charge in [-0.1, -0.05) is 35.3 Å². The Hall–Kier alpha value is -3.04. The molecule has 0 unspecified atom stereocenters. The fourth-order valence-corrected chi connectivity index (χ4v) is 3.21. The van der Waals surface area contributed by atoms with Crippen LogP contribution in [0, 0.1) is 18.8 Å². The van der Waals surface area contributed by atoms with Crippen molar-refractivity contribution in [1.29, 1.82) is 0 Å². The second kappa shape index (κ2) is 7.69. The zero-order valence-corrected chi connectivity index (χ0v) is 14.8. The molecule has 0 aliphatic rings. The summed E-state index contributed by atoms with van der Waals surface area (Å²) >= 11 is 1.36. The van der Waals surface area contributed by atoms with E-state index < -0.39 is 0 Å². The third-order valence-corrected chi connectivity index (χ3v) is 4.65. The summed E-state index contributed by atoms with van der Waals surface area (Å²) in [5, 5.41) is 3.58. The Balaban J connectivity index is 1.65. The number of hydrogen-bond acceptors (Lipinski definition) is 4. The van der Waals surface area contributed by atoms with E-state index in [1.165, 1.54) is 11.3 Å². The van der Waals surface area contributed by atoms with Gasteiger partial charge in [-0.25, -0.2) is 4.98 Å². The minimum Gasteiger partial charge on any atom is -0.495 e. The van der Waals surface area contributed by atoms with E-state index in [0.717, 1.165) is 16.4 Å². The number of aromatic nitrogens is 2. The zero-order chi connectivity index (χ0) is 17.6. The maximum atomic E-state index is 12.3. The van der Waals surface area contributed by atoms with Crippen molar-refractivity contribution in [2.75, 3.05) is 13.7 Å². The number of hydrogen-bond donors (Lipinski definition) is 1. The van der Waals surface area contributed by atoms with Crippen molar-refractivity contribution in [3.8, 4) is 22.7 Å². The number of thiazole rings is 1. The summed E-state index contributed by atoms with van der Waals surface area (Å²) in [6, 6.07) is 11.4. The third-order valence-electron chi connectivity index (χ3n) is 3.48. The Morgan fingerprint density at radius 3 is 2.80 bits per heavy atom. The largest absolute Gasteiger partial charge is 0.495 e. The van der Waals surface area contributed by atoms with Gasteiger partial charge in [-0.05, 0) is 31.2 Å². The van der Waals surface area contributed by atoms with E-state index >= 15 is 0 Å². The highest BCUT2D eigenvalue weighted by Crippen LogP contribution is 2.21. The van der Waals surface area contributed by atoms with Crippen LogP contribution >= 0.6 is 11.3 Å². The molecule has 0 aliphatic heterocycles. The van der Waals surface area contributed by atoms with Crippen LogP contribution < -0.4 is 10.1 Å². The monoisotopic (exact) mass is 351 g/mol. The summed E-state index contributed by atoms with van der Waals surface area (Å²) in [6.07, 6.45) is 3.80. The van der Waals surface area contributed by atoms with Crippen LogP contribution in [-0.4, -0.2) is 29.1 Å². The molecule has 0 spiro atoms. The molecule has 126 valence electrons. The van der Waals surface area contributed by atoms with E-state index in [1.807, 2.05) is 60.3 Å². The Bertz CT molecular complexity index is 933. The number of benzene rings is 1. The summed E-state index contributed by atoms with van der Waals surface area (Å²) in [6.45, 7) is 2.09. The predicted molar refractivity (Wildman–Crippen MR) is 98.4 cm³/mol. The lowest BCUT2D eigenvalue weighted by Gasteiger charge is -2.01. The highest BCUT2D eigenvalue weighted by Gasteiger charge is 2.15. The van der Waals surface area contributed by atoms with Gasteiger partial charge in [0.05, 0.1) is 24.9 Å². The first kappa shape index (κ1) is 16.8. The lowest BCUT2D eigenvalue weighted by atomic mass is 10.2. The molecule has 1 aromatic carbocycles. The fourth-order valence-electron chi connectivity index (χ4n) is 2.26. The maximum absolute atomic E-state index is 12.3. The number of methoxy groups -OCH3 is 1. The number of rotatable bonds is 4. The van der Waals surface area contributed by atoms with Crippen molar-refractivity contribution in [3.05, 3.63) is 64.9 Å². The first-order valence-corrected chi connectivity index (χ1v) is 8.51. The lowest BCUT2D eigenvalue weighted by Crippen LogP contribution is -2.23. The van der Waals surface area contributed by atoms with E-state index in [1.54, 1.807) is 7.11 Å². The molecule has 0 saturated heterocycles. The molecule has 3 aromatic rings. The second-order valence-electron chi connectivity index (χ2n) is 5.19. The highest BCUT2D eigenvalue weighted by molar-refractivity contribution is 7.16. The van der Waals surface area contributed by atoms with Crippen LogP contribution in [0.25, 0.3) is 5.13 Å². The molecule has 0 saturated carbocycles. The first-order chi connectivity index (χ1) is 12.2. The molecule has 0 radical (unpaired) electrons. The number of carbonyl (C=O) groups excluding carboxylic acids is 1. The average molecular weight is 351 g/mol. The summed E-state index contributed by atoms with van der Waals surface area (Å²) in [5.74, 6) is 6.51. The standard InChI is InChI=1S/C19H17N3O2S/c1-14-17(25-19(21-14)22-12-5-6-13-22)18(23)20-11-7-9-15-8-3-4-10-16(15)24-2/h3-6,8,10,12-13H,11H2,1-2H3,(H,20,23). The van der Waals surface area contributed by atoms with Crippen molar-refractivity contribution in [3.63, 3.8) is 0 Å². The molecule has 1 N–H and O–H groups in total. The topological polar surface area (TPSA) is 56.1 Å². The van der Waals surface area contributed by atoms with Gasteiger partial charge >= 0.3 is 0 Å².